The molecule has 3 rings (SSSR count). The number of nitrogens with one attached hydrogen (secondary N) is 1. The summed E-state index contributed by atoms with van der Waals surface area (Å²) in [4.78, 5) is 6.57. The van der Waals surface area contributed by atoms with Crippen molar-refractivity contribution in [3.05, 3.63) is 15.6 Å². The molecule has 0 saturated heterocycles. The van der Waals surface area contributed by atoms with Crippen LogP contribution in [0.4, 0.5) is 0 Å². The van der Waals surface area contributed by atoms with Crippen LogP contribution in [0.15, 0.2) is 0 Å². The molecule has 2 aliphatic carbocycles. The van der Waals surface area contributed by atoms with E-state index < -0.39 is 0 Å². The summed E-state index contributed by atoms with van der Waals surface area (Å²) in [6.07, 6.45) is 13.1. The highest BCUT2D eigenvalue weighted by molar-refractivity contribution is 7.12. The Morgan fingerprint density at radius 1 is 1.25 bits per heavy atom. The molecule has 0 amide bonds. The van der Waals surface area contributed by atoms with Crippen molar-refractivity contribution in [3.63, 3.8) is 0 Å². The van der Waals surface area contributed by atoms with E-state index in [0.717, 1.165) is 6.04 Å². The van der Waals surface area contributed by atoms with Gasteiger partial charge in [0.05, 0.1) is 11.2 Å². The van der Waals surface area contributed by atoms with Crippen molar-refractivity contribution in [2.45, 2.75) is 89.6 Å². The van der Waals surface area contributed by atoms with Gasteiger partial charge in [0.15, 0.2) is 0 Å². The fraction of sp³-hybridized carbons (Fsp3) is 0.824. The molecule has 20 heavy (non-hydrogen) atoms. The maximum atomic E-state index is 5.00. The molecule has 2 aliphatic rings. The van der Waals surface area contributed by atoms with Crippen LogP contribution in [0.1, 0.15) is 80.8 Å². The Morgan fingerprint density at radius 2 is 2.10 bits per heavy atom. The number of thiazole rings is 1. The number of unbranched alkanes of at least 4 members (excludes halogenated alkanes) is 3. The molecule has 0 radical (unpaired) electrons. The zero-order valence-corrected chi connectivity index (χ0v) is 13.8. The predicted molar refractivity (Wildman–Crippen MR) is 86.4 cm³/mol. The van der Waals surface area contributed by atoms with Gasteiger partial charge >= 0.3 is 0 Å². The molecule has 0 spiro atoms. The molecular weight excluding hydrogens is 264 g/mol. The Balaban J connectivity index is 1.69. The smallest absolute Gasteiger partial charge is 0.113 e. The quantitative estimate of drug-likeness (QED) is 0.710. The van der Waals surface area contributed by atoms with Crippen LogP contribution in [0, 0.1) is 0 Å². The third-order valence-corrected chi connectivity index (χ3v) is 6.12. The summed E-state index contributed by atoms with van der Waals surface area (Å²) in [6.45, 7) is 4.68. The largest absolute Gasteiger partial charge is 0.303 e. The molecule has 112 valence electrons. The highest BCUT2D eigenvalue weighted by Gasteiger charge is 2.36. The Labute approximate surface area is 127 Å². The zero-order valence-electron chi connectivity index (χ0n) is 13.0. The van der Waals surface area contributed by atoms with Gasteiger partial charge < -0.3 is 5.32 Å². The molecule has 1 heterocycles. The van der Waals surface area contributed by atoms with Gasteiger partial charge in [-0.05, 0) is 45.4 Å². The van der Waals surface area contributed by atoms with Gasteiger partial charge in [-0.25, -0.2) is 4.98 Å². The van der Waals surface area contributed by atoms with Crippen molar-refractivity contribution in [2.75, 3.05) is 0 Å². The third kappa shape index (κ3) is 3.25. The monoisotopic (exact) mass is 292 g/mol. The van der Waals surface area contributed by atoms with Gasteiger partial charge in [0.1, 0.15) is 5.01 Å². The van der Waals surface area contributed by atoms with Gasteiger partial charge in [0, 0.05) is 10.9 Å². The molecule has 1 atom stereocenters. The fourth-order valence-corrected chi connectivity index (χ4v) is 4.54. The number of hydrogen-bond acceptors (Lipinski definition) is 3. The van der Waals surface area contributed by atoms with E-state index in [4.69, 9.17) is 4.98 Å². The summed E-state index contributed by atoms with van der Waals surface area (Å²) in [5.74, 6) is 0. The minimum Gasteiger partial charge on any atom is -0.303 e. The number of aryl methyl sites for hydroxylation is 2. The lowest BCUT2D eigenvalue weighted by Gasteiger charge is -2.29. The van der Waals surface area contributed by atoms with E-state index in [1.165, 1.54) is 74.9 Å². The summed E-state index contributed by atoms with van der Waals surface area (Å²) >= 11 is 1.99. The van der Waals surface area contributed by atoms with Crippen molar-refractivity contribution < 1.29 is 0 Å². The number of rotatable bonds is 8. The molecule has 0 aromatic carbocycles. The first-order chi connectivity index (χ1) is 9.71. The predicted octanol–water partition coefficient (Wildman–Crippen LogP) is 4.57. The second-order valence-electron chi connectivity index (χ2n) is 6.80. The van der Waals surface area contributed by atoms with Gasteiger partial charge in [-0.1, -0.05) is 32.6 Å². The lowest BCUT2D eigenvalue weighted by Crippen LogP contribution is -2.41. The third-order valence-electron chi connectivity index (χ3n) is 4.70. The van der Waals surface area contributed by atoms with Crippen LogP contribution in [0.2, 0.25) is 0 Å². The first kappa shape index (κ1) is 14.5. The van der Waals surface area contributed by atoms with Crippen LogP contribution >= 0.6 is 11.3 Å². The van der Waals surface area contributed by atoms with Gasteiger partial charge in [-0.2, -0.15) is 0 Å². The molecule has 1 aromatic heterocycles. The Kier molecular flexibility index (Phi) is 4.46. The number of hydrogen-bond donors (Lipinski definition) is 1. The summed E-state index contributed by atoms with van der Waals surface area (Å²) in [5, 5.41) is 5.26. The Bertz CT molecular complexity index is 428. The zero-order chi connectivity index (χ0) is 14.0. The summed E-state index contributed by atoms with van der Waals surface area (Å²) in [7, 11) is 0. The number of nitrogens with zero attached hydrogens (tertiary/aromatic N) is 1. The normalized spacial score (nSPS) is 20.9. The molecule has 1 fully saturated rings. The maximum Gasteiger partial charge on any atom is 0.113 e. The summed E-state index contributed by atoms with van der Waals surface area (Å²) in [5.41, 5.74) is 1.53. The van der Waals surface area contributed by atoms with Crippen molar-refractivity contribution in [3.8, 4) is 0 Å². The SMILES string of the molecule is CCCCCCC(C)(NC1CC1)c1nc2c(s1)CCC2. The molecule has 1 N–H and O–H groups in total. The molecule has 1 aromatic rings. The first-order valence-corrected chi connectivity index (χ1v) is 9.29. The van der Waals surface area contributed by atoms with Crippen molar-refractivity contribution in [1.82, 2.24) is 10.3 Å². The average Bonchev–Trinajstić information content (AvgIpc) is 2.96. The van der Waals surface area contributed by atoms with Crippen LogP contribution in [0.3, 0.4) is 0 Å². The van der Waals surface area contributed by atoms with E-state index in [0.29, 0.717) is 0 Å². The van der Waals surface area contributed by atoms with Crippen LogP contribution in [0.25, 0.3) is 0 Å². The fourth-order valence-electron chi connectivity index (χ4n) is 3.25. The van der Waals surface area contributed by atoms with E-state index in [1.54, 1.807) is 4.88 Å². The summed E-state index contributed by atoms with van der Waals surface area (Å²) in [6, 6.07) is 0.755. The van der Waals surface area contributed by atoms with E-state index in [2.05, 4.69) is 19.2 Å². The van der Waals surface area contributed by atoms with Crippen LogP contribution in [-0.4, -0.2) is 11.0 Å². The van der Waals surface area contributed by atoms with E-state index in [9.17, 15) is 0 Å². The van der Waals surface area contributed by atoms with Crippen molar-refractivity contribution in [1.29, 1.82) is 0 Å². The highest BCUT2D eigenvalue weighted by Crippen LogP contribution is 2.38. The summed E-state index contributed by atoms with van der Waals surface area (Å²) < 4.78 is 0. The second-order valence-corrected chi connectivity index (χ2v) is 7.89. The molecular formula is C17H28N2S. The van der Waals surface area contributed by atoms with E-state index >= 15 is 0 Å². The van der Waals surface area contributed by atoms with Gasteiger partial charge in [-0.15, -0.1) is 11.3 Å². The van der Waals surface area contributed by atoms with Crippen LogP contribution in [-0.2, 0) is 18.4 Å². The molecule has 2 nitrogen and oxygen atoms in total. The molecule has 0 aliphatic heterocycles. The van der Waals surface area contributed by atoms with Gasteiger partial charge in [0.25, 0.3) is 0 Å². The molecule has 1 unspecified atom stereocenters. The lowest BCUT2D eigenvalue weighted by molar-refractivity contribution is 0.321. The van der Waals surface area contributed by atoms with Crippen LogP contribution < -0.4 is 5.32 Å². The molecule has 0 bridgehead atoms. The topological polar surface area (TPSA) is 24.9 Å². The van der Waals surface area contributed by atoms with E-state index in [1.807, 2.05) is 11.3 Å². The Morgan fingerprint density at radius 3 is 2.80 bits per heavy atom. The minimum absolute atomic E-state index is 0.129. The molecule has 1 saturated carbocycles. The van der Waals surface area contributed by atoms with Crippen molar-refractivity contribution >= 4 is 11.3 Å². The van der Waals surface area contributed by atoms with Crippen molar-refractivity contribution in [2.24, 2.45) is 0 Å². The Hall–Kier alpha value is -0.410. The van der Waals surface area contributed by atoms with E-state index in [-0.39, 0.29) is 5.54 Å². The molecule has 3 heteroatoms. The van der Waals surface area contributed by atoms with Crippen LogP contribution in [0.5, 0.6) is 0 Å². The second kappa shape index (κ2) is 6.15. The van der Waals surface area contributed by atoms with Gasteiger partial charge in [0.2, 0.25) is 0 Å². The minimum atomic E-state index is 0.129. The maximum absolute atomic E-state index is 5.00. The highest BCUT2D eigenvalue weighted by atomic mass is 32.1. The lowest BCUT2D eigenvalue weighted by atomic mass is 9.94. The first-order valence-electron chi connectivity index (χ1n) is 8.48. The standard InChI is InChI=1S/C17H28N2S/c1-3-4-5-6-12-17(2,19-13-10-11-13)16-18-14-8-7-9-15(14)20-16/h13,19H,3-12H2,1-2H3. The van der Waals surface area contributed by atoms with Gasteiger partial charge in [-0.3, -0.25) is 0 Å². The number of fused-ring (bicyclic) bond motifs is 1. The number of aromatic nitrogens is 1. The average molecular weight is 292 g/mol.